The second kappa shape index (κ2) is 9.79. The molecule has 3 aromatic carbocycles. The fourth-order valence-electron chi connectivity index (χ4n) is 4.09. The number of aryl methyl sites for hydroxylation is 1. The van der Waals surface area contributed by atoms with Crippen LogP contribution in [0, 0.1) is 6.92 Å². The average Bonchev–Trinajstić information content (AvgIpc) is 2.93. The molecule has 1 atom stereocenters. The molecule has 4 rings (SSSR count). The summed E-state index contributed by atoms with van der Waals surface area (Å²) in [5.74, 6) is -0.0979. The van der Waals surface area contributed by atoms with Crippen molar-refractivity contribution in [3.05, 3.63) is 77.9 Å². The minimum absolute atomic E-state index is 0.00577. The van der Waals surface area contributed by atoms with Gasteiger partial charge in [-0.05, 0) is 48.9 Å². The molecule has 0 saturated carbocycles. The first-order chi connectivity index (χ1) is 16.7. The van der Waals surface area contributed by atoms with Crippen molar-refractivity contribution in [1.82, 2.24) is 0 Å². The van der Waals surface area contributed by atoms with Crippen LogP contribution in [0.3, 0.4) is 0 Å². The van der Waals surface area contributed by atoms with E-state index in [9.17, 15) is 18.0 Å². The summed E-state index contributed by atoms with van der Waals surface area (Å²) in [6, 6.07) is 18.3. The van der Waals surface area contributed by atoms with Crippen molar-refractivity contribution in [3.8, 4) is 11.5 Å². The number of rotatable bonds is 6. The minimum Gasteiger partial charge on any atom is -0.493 e. The maximum atomic E-state index is 13.7. The van der Waals surface area contributed by atoms with Crippen molar-refractivity contribution in [3.63, 3.8) is 0 Å². The predicted octanol–water partition coefficient (Wildman–Crippen LogP) is 3.90. The molecular weight excluding hydrogens is 468 g/mol. The SMILES string of the molecule is COc1ccc([C@H]2CC(=O)N(CC(=O)Nc3ccc(C)cc3)c3ccccc3S2(=O)=O)cc1OC. The smallest absolute Gasteiger partial charge is 0.244 e. The number of hydrogen-bond acceptors (Lipinski definition) is 6. The van der Waals surface area contributed by atoms with Crippen molar-refractivity contribution in [2.75, 3.05) is 31.0 Å². The number of benzene rings is 3. The highest BCUT2D eigenvalue weighted by Crippen LogP contribution is 2.42. The highest BCUT2D eigenvalue weighted by atomic mass is 32.2. The molecule has 2 amide bonds. The lowest BCUT2D eigenvalue weighted by Crippen LogP contribution is -2.38. The first-order valence-electron chi connectivity index (χ1n) is 11.0. The van der Waals surface area contributed by atoms with Crippen molar-refractivity contribution in [2.45, 2.75) is 23.5 Å². The molecule has 182 valence electrons. The fraction of sp³-hybridized carbons (Fsp3) is 0.231. The first-order valence-corrected chi connectivity index (χ1v) is 12.5. The van der Waals surface area contributed by atoms with Gasteiger partial charge in [0.2, 0.25) is 11.8 Å². The Morgan fingerprint density at radius 2 is 1.69 bits per heavy atom. The van der Waals surface area contributed by atoms with E-state index in [2.05, 4.69) is 5.32 Å². The second-order valence-corrected chi connectivity index (χ2v) is 10.3. The summed E-state index contributed by atoms with van der Waals surface area (Å²) in [6.45, 7) is 1.62. The number of anilines is 2. The van der Waals surface area contributed by atoms with Crippen LogP contribution in [0.2, 0.25) is 0 Å². The Hall–Kier alpha value is -3.85. The Labute approximate surface area is 204 Å². The number of hydrogen-bond donors (Lipinski definition) is 1. The summed E-state index contributed by atoms with van der Waals surface area (Å²) < 4.78 is 38.0. The number of sulfone groups is 1. The van der Waals surface area contributed by atoms with E-state index in [-0.39, 0.29) is 23.5 Å². The number of nitrogens with one attached hydrogen (secondary N) is 1. The van der Waals surface area contributed by atoms with Gasteiger partial charge in [-0.2, -0.15) is 0 Å². The molecule has 0 aliphatic carbocycles. The maximum Gasteiger partial charge on any atom is 0.244 e. The van der Waals surface area contributed by atoms with Crippen LogP contribution in [0.1, 0.15) is 22.8 Å². The molecule has 1 aliphatic heterocycles. The van der Waals surface area contributed by atoms with E-state index < -0.39 is 26.9 Å². The van der Waals surface area contributed by atoms with Gasteiger partial charge in [0.05, 0.1) is 30.1 Å². The summed E-state index contributed by atoms with van der Waals surface area (Å²) in [4.78, 5) is 27.4. The van der Waals surface area contributed by atoms with E-state index in [0.717, 1.165) is 5.56 Å². The molecule has 1 aliphatic rings. The van der Waals surface area contributed by atoms with Gasteiger partial charge in [-0.25, -0.2) is 8.42 Å². The summed E-state index contributed by atoms with van der Waals surface area (Å²) in [5, 5.41) is 1.62. The van der Waals surface area contributed by atoms with Crippen molar-refractivity contribution < 1.29 is 27.5 Å². The quantitative estimate of drug-likeness (QED) is 0.558. The Morgan fingerprint density at radius 3 is 2.37 bits per heavy atom. The van der Waals surface area contributed by atoms with Crippen LogP contribution in [-0.2, 0) is 19.4 Å². The molecule has 1 heterocycles. The zero-order valence-corrected chi connectivity index (χ0v) is 20.5. The normalized spacial score (nSPS) is 16.7. The second-order valence-electron chi connectivity index (χ2n) is 8.21. The van der Waals surface area contributed by atoms with Crippen LogP contribution < -0.4 is 19.7 Å². The van der Waals surface area contributed by atoms with Crippen molar-refractivity contribution >= 4 is 33.0 Å². The summed E-state index contributed by atoms with van der Waals surface area (Å²) in [7, 11) is -1.03. The van der Waals surface area contributed by atoms with Crippen molar-refractivity contribution in [1.29, 1.82) is 0 Å². The number of carbonyl (C=O) groups is 2. The van der Waals surface area contributed by atoms with Gasteiger partial charge >= 0.3 is 0 Å². The largest absolute Gasteiger partial charge is 0.493 e. The van der Waals surface area contributed by atoms with Gasteiger partial charge in [-0.1, -0.05) is 35.9 Å². The number of para-hydroxylation sites is 1. The third kappa shape index (κ3) is 4.85. The molecule has 0 bridgehead atoms. The fourth-order valence-corrected chi connectivity index (χ4v) is 6.00. The van der Waals surface area contributed by atoms with Crippen LogP contribution >= 0.6 is 0 Å². The van der Waals surface area contributed by atoms with Gasteiger partial charge in [0, 0.05) is 12.1 Å². The lowest BCUT2D eigenvalue weighted by atomic mass is 10.1. The van der Waals surface area contributed by atoms with Crippen molar-refractivity contribution in [2.24, 2.45) is 0 Å². The highest BCUT2D eigenvalue weighted by Gasteiger charge is 2.40. The van der Waals surface area contributed by atoms with Gasteiger partial charge in [-0.15, -0.1) is 0 Å². The van der Waals surface area contributed by atoms with Crippen LogP contribution in [0.15, 0.2) is 71.6 Å². The molecule has 3 aromatic rings. The van der Waals surface area contributed by atoms with E-state index in [1.165, 1.54) is 25.2 Å². The molecule has 0 saturated heterocycles. The summed E-state index contributed by atoms with van der Waals surface area (Å²) in [6.07, 6.45) is -0.329. The predicted molar refractivity (Wildman–Crippen MR) is 133 cm³/mol. The van der Waals surface area contributed by atoms with E-state index in [1.54, 1.807) is 48.5 Å². The average molecular weight is 495 g/mol. The van der Waals surface area contributed by atoms with Gasteiger partial charge in [-0.3, -0.25) is 9.59 Å². The molecule has 9 heteroatoms. The number of fused-ring (bicyclic) bond motifs is 1. The molecule has 0 fully saturated rings. The van der Waals surface area contributed by atoms with Gasteiger partial charge < -0.3 is 19.7 Å². The van der Waals surface area contributed by atoms with E-state index in [0.29, 0.717) is 22.7 Å². The lowest BCUT2D eigenvalue weighted by Gasteiger charge is -2.22. The maximum absolute atomic E-state index is 13.7. The third-order valence-corrected chi connectivity index (χ3v) is 8.06. The number of nitrogens with zero attached hydrogens (tertiary/aromatic N) is 1. The number of amides is 2. The molecule has 0 spiro atoms. The zero-order valence-electron chi connectivity index (χ0n) is 19.6. The number of carbonyl (C=O) groups excluding carboxylic acids is 2. The monoisotopic (exact) mass is 494 g/mol. The molecule has 0 aromatic heterocycles. The zero-order chi connectivity index (χ0) is 25.2. The summed E-state index contributed by atoms with van der Waals surface area (Å²) >= 11 is 0. The Kier molecular flexibility index (Phi) is 6.79. The topological polar surface area (TPSA) is 102 Å². The van der Waals surface area contributed by atoms with E-state index in [1.807, 2.05) is 19.1 Å². The van der Waals surface area contributed by atoms with E-state index >= 15 is 0 Å². The molecule has 0 unspecified atom stereocenters. The Balaban J connectivity index is 1.70. The van der Waals surface area contributed by atoms with Crippen LogP contribution in [0.4, 0.5) is 11.4 Å². The molecule has 8 nitrogen and oxygen atoms in total. The van der Waals surface area contributed by atoms with E-state index in [4.69, 9.17) is 9.47 Å². The van der Waals surface area contributed by atoms with Gasteiger partial charge in [0.15, 0.2) is 21.3 Å². The van der Waals surface area contributed by atoms with Gasteiger partial charge in [0.1, 0.15) is 6.54 Å². The highest BCUT2D eigenvalue weighted by molar-refractivity contribution is 7.92. The molecular formula is C26H26N2O6S. The molecule has 35 heavy (non-hydrogen) atoms. The van der Waals surface area contributed by atoms with Crippen LogP contribution in [0.5, 0.6) is 11.5 Å². The summed E-state index contributed by atoms with van der Waals surface area (Å²) in [5.41, 5.74) is 2.22. The number of ether oxygens (including phenoxy) is 2. The van der Waals surface area contributed by atoms with Crippen LogP contribution in [-0.4, -0.2) is 41.0 Å². The lowest BCUT2D eigenvalue weighted by molar-refractivity contribution is -0.121. The molecule has 1 N–H and O–H groups in total. The minimum atomic E-state index is -3.97. The van der Waals surface area contributed by atoms with Crippen LogP contribution in [0.25, 0.3) is 0 Å². The van der Waals surface area contributed by atoms with Gasteiger partial charge in [0.25, 0.3) is 0 Å². The Bertz CT molecular complexity index is 1370. The molecule has 0 radical (unpaired) electrons. The first kappa shape index (κ1) is 24.3. The third-order valence-electron chi connectivity index (χ3n) is 5.91. The number of methoxy groups -OCH3 is 2. The Morgan fingerprint density at radius 1 is 1.00 bits per heavy atom. The standard InChI is InChI=1S/C26H26N2O6S/c1-17-8-11-19(12-9-17)27-25(29)16-28-20-6-4-5-7-23(20)35(31,32)24(15-26(28)30)18-10-13-21(33-2)22(14-18)34-3/h4-14,24H,15-16H2,1-3H3,(H,27,29)/t24-/m1/s1.